The topological polar surface area (TPSA) is 86.5 Å². The fourth-order valence-electron chi connectivity index (χ4n) is 1.53. The maximum absolute atomic E-state index is 12.5. The molecule has 0 fully saturated rings. The summed E-state index contributed by atoms with van der Waals surface area (Å²) in [5.41, 5.74) is 3.61. The highest BCUT2D eigenvalue weighted by Gasteiger charge is 2.31. The van der Waals surface area contributed by atoms with Crippen LogP contribution < -0.4 is 10.5 Å². The molecule has 1 aromatic rings. The van der Waals surface area contributed by atoms with Crippen molar-refractivity contribution in [3.05, 3.63) is 29.3 Å². The van der Waals surface area contributed by atoms with Crippen LogP contribution in [0.2, 0.25) is 0 Å². The van der Waals surface area contributed by atoms with E-state index in [1.807, 2.05) is 0 Å². The number of hydrogen-bond donors (Lipinski definition) is 1. The number of nitrogens with two attached hydrogens (primary N) is 1. The van der Waals surface area contributed by atoms with Gasteiger partial charge >= 0.3 is 6.18 Å². The highest BCUT2D eigenvalue weighted by molar-refractivity contribution is 7.90. The molecule has 21 heavy (non-hydrogen) atoms. The third-order valence-corrected chi connectivity index (χ3v) is 3.52. The Morgan fingerprint density at radius 3 is 2.43 bits per heavy atom. The van der Waals surface area contributed by atoms with Gasteiger partial charge in [-0.15, -0.1) is 0 Å². The van der Waals surface area contributed by atoms with E-state index in [1.54, 1.807) is 0 Å². The summed E-state index contributed by atoms with van der Waals surface area (Å²) >= 11 is 0. The van der Waals surface area contributed by atoms with E-state index in [0.29, 0.717) is 6.07 Å². The minimum atomic E-state index is -4.60. The zero-order valence-corrected chi connectivity index (χ0v) is 11.9. The monoisotopic (exact) mass is 325 g/mol. The molecule has 118 valence electrons. The third kappa shape index (κ3) is 5.62. The first-order chi connectivity index (χ1) is 9.50. The smallest absolute Gasteiger partial charge is 0.416 e. The predicted octanol–water partition coefficient (Wildman–Crippen LogP) is 1.62. The number of hydrogen-bond acceptors (Lipinski definition) is 4. The van der Waals surface area contributed by atoms with Gasteiger partial charge in [-0.05, 0) is 24.6 Å². The van der Waals surface area contributed by atoms with Crippen LogP contribution in [0.1, 0.15) is 22.3 Å². The molecule has 1 amide bonds. The lowest BCUT2D eigenvalue weighted by molar-refractivity contribution is -0.137. The van der Waals surface area contributed by atoms with Crippen LogP contribution in [0.3, 0.4) is 0 Å². The fourth-order valence-corrected chi connectivity index (χ4v) is 2.17. The second-order valence-electron chi connectivity index (χ2n) is 4.40. The van der Waals surface area contributed by atoms with Crippen LogP contribution in [0.25, 0.3) is 0 Å². The standard InChI is InChI=1S/C12H14F3NO4S/c1-21(18,19)6-2-5-20-10-4-3-8(12(13,14)15)7-9(10)11(16)17/h3-4,7H,2,5-6H2,1H3,(H2,16,17). The summed E-state index contributed by atoms with van der Waals surface area (Å²) in [7, 11) is -3.15. The Balaban J connectivity index is 2.85. The minimum absolute atomic E-state index is 0.0568. The summed E-state index contributed by atoms with van der Waals surface area (Å²) in [5.74, 6) is -1.29. The molecule has 0 saturated carbocycles. The van der Waals surface area contributed by atoms with E-state index in [2.05, 4.69) is 0 Å². The molecule has 2 N–H and O–H groups in total. The molecule has 0 aliphatic heterocycles. The van der Waals surface area contributed by atoms with Crippen LogP contribution in [-0.2, 0) is 16.0 Å². The number of amides is 1. The van der Waals surface area contributed by atoms with Crippen molar-refractivity contribution in [2.45, 2.75) is 12.6 Å². The number of ether oxygens (including phenoxy) is 1. The van der Waals surface area contributed by atoms with Gasteiger partial charge in [-0.3, -0.25) is 4.79 Å². The number of rotatable bonds is 6. The van der Waals surface area contributed by atoms with Gasteiger partial charge in [-0.1, -0.05) is 0 Å². The lowest BCUT2D eigenvalue weighted by Gasteiger charge is -2.12. The Morgan fingerprint density at radius 1 is 1.33 bits per heavy atom. The Morgan fingerprint density at radius 2 is 1.95 bits per heavy atom. The normalized spacial score (nSPS) is 12.2. The summed E-state index contributed by atoms with van der Waals surface area (Å²) in [6.07, 6.45) is -3.39. The van der Waals surface area contributed by atoms with Gasteiger partial charge in [0.2, 0.25) is 0 Å². The lowest BCUT2D eigenvalue weighted by atomic mass is 10.1. The van der Waals surface area contributed by atoms with Crippen molar-refractivity contribution in [3.63, 3.8) is 0 Å². The first-order valence-corrected chi connectivity index (χ1v) is 7.88. The first kappa shape index (κ1) is 17.3. The molecule has 1 aromatic carbocycles. The number of primary amides is 1. The largest absolute Gasteiger partial charge is 0.493 e. The van der Waals surface area contributed by atoms with Crippen molar-refractivity contribution in [3.8, 4) is 5.75 Å². The Labute approximate surface area is 119 Å². The van der Waals surface area contributed by atoms with Gasteiger partial charge in [0.05, 0.1) is 23.5 Å². The number of alkyl halides is 3. The second kappa shape index (κ2) is 6.33. The Hall–Kier alpha value is -1.77. The first-order valence-electron chi connectivity index (χ1n) is 5.82. The molecular formula is C12H14F3NO4S. The molecule has 0 aliphatic rings. The summed E-state index contributed by atoms with van der Waals surface area (Å²) in [6.45, 7) is -0.0568. The van der Waals surface area contributed by atoms with Crippen molar-refractivity contribution in [2.24, 2.45) is 5.73 Å². The quantitative estimate of drug-likeness (QED) is 0.805. The van der Waals surface area contributed by atoms with Gasteiger partial charge in [-0.25, -0.2) is 8.42 Å². The van der Waals surface area contributed by atoms with E-state index < -0.39 is 33.0 Å². The zero-order chi connectivity index (χ0) is 16.3. The van der Waals surface area contributed by atoms with Gasteiger partial charge in [0.1, 0.15) is 15.6 Å². The molecule has 0 radical (unpaired) electrons. The highest BCUT2D eigenvalue weighted by atomic mass is 32.2. The van der Waals surface area contributed by atoms with Crippen LogP contribution in [0.5, 0.6) is 5.75 Å². The van der Waals surface area contributed by atoms with Crippen molar-refractivity contribution < 1.29 is 31.1 Å². The average molecular weight is 325 g/mol. The van der Waals surface area contributed by atoms with Crippen molar-refractivity contribution in [2.75, 3.05) is 18.6 Å². The van der Waals surface area contributed by atoms with E-state index >= 15 is 0 Å². The molecule has 0 spiro atoms. The van der Waals surface area contributed by atoms with Crippen LogP contribution in [0.15, 0.2) is 18.2 Å². The molecule has 0 heterocycles. The third-order valence-electron chi connectivity index (χ3n) is 2.49. The van der Waals surface area contributed by atoms with Gasteiger partial charge in [0.15, 0.2) is 0 Å². The molecule has 0 aromatic heterocycles. The van der Waals surface area contributed by atoms with Crippen LogP contribution in [-0.4, -0.2) is 32.9 Å². The molecule has 9 heteroatoms. The maximum atomic E-state index is 12.5. The van der Waals surface area contributed by atoms with Crippen molar-refractivity contribution in [1.82, 2.24) is 0 Å². The molecular weight excluding hydrogens is 311 g/mol. The number of sulfone groups is 1. The molecule has 0 atom stereocenters. The maximum Gasteiger partial charge on any atom is 0.416 e. The average Bonchev–Trinajstić information content (AvgIpc) is 2.32. The molecule has 1 rings (SSSR count). The zero-order valence-electron chi connectivity index (χ0n) is 11.1. The number of carbonyl (C=O) groups excluding carboxylic acids is 1. The van der Waals surface area contributed by atoms with Crippen LogP contribution >= 0.6 is 0 Å². The predicted molar refractivity (Wildman–Crippen MR) is 69.8 cm³/mol. The molecule has 0 bridgehead atoms. The summed E-state index contributed by atoms with van der Waals surface area (Å²) < 4.78 is 64.6. The van der Waals surface area contributed by atoms with Crippen LogP contribution in [0.4, 0.5) is 13.2 Å². The summed E-state index contributed by atoms with van der Waals surface area (Å²) in [6, 6.07) is 2.36. The van der Waals surface area contributed by atoms with E-state index in [1.165, 1.54) is 0 Å². The van der Waals surface area contributed by atoms with Crippen molar-refractivity contribution in [1.29, 1.82) is 0 Å². The summed E-state index contributed by atoms with van der Waals surface area (Å²) in [4.78, 5) is 11.2. The molecule has 0 saturated heterocycles. The fraction of sp³-hybridized carbons (Fsp3) is 0.417. The van der Waals surface area contributed by atoms with Crippen LogP contribution in [0, 0.1) is 0 Å². The summed E-state index contributed by atoms with van der Waals surface area (Å²) in [5, 5.41) is 0. The van der Waals surface area contributed by atoms with E-state index in [4.69, 9.17) is 10.5 Å². The number of halogens is 3. The van der Waals surface area contributed by atoms with E-state index in [-0.39, 0.29) is 24.5 Å². The molecule has 0 unspecified atom stereocenters. The van der Waals surface area contributed by atoms with Gasteiger partial charge < -0.3 is 10.5 Å². The van der Waals surface area contributed by atoms with Crippen molar-refractivity contribution >= 4 is 15.7 Å². The second-order valence-corrected chi connectivity index (χ2v) is 6.66. The Kier molecular flexibility index (Phi) is 5.21. The molecule has 5 nitrogen and oxygen atoms in total. The lowest BCUT2D eigenvalue weighted by Crippen LogP contribution is -2.16. The highest BCUT2D eigenvalue weighted by Crippen LogP contribution is 2.32. The number of benzene rings is 1. The SMILES string of the molecule is CS(=O)(=O)CCCOc1ccc(C(F)(F)F)cc1C(N)=O. The minimum Gasteiger partial charge on any atom is -0.493 e. The van der Waals surface area contributed by atoms with E-state index in [9.17, 15) is 26.4 Å². The van der Waals surface area contributed by atoms with Gasteiger partial charge in [-0.2, -0.15) is 13.2 Å². The van der Waals surface area contributed by atoms with Gasteiger partial charge in [0, 0.05) is 6.26 Å². The van der Waals surface area contributed by atoms with E-state index in [0.717, 1.165) is 18.4 Å². The van der Waals surface area contributed by atoms with Gasteiger partial charge in [0.25, 0.3) is 5.91 Å². The number of carbonyl (C=O) groups is 1. The Bertz CT molecular complexity index is 626. The molecule has 0 aliphatic carbocycles.